The van der Waals surface area contributed by atoms with Crippen LogP contribution in [-0.4, -0.2) is 51.1 Å². The Labute approximate surface area is 98.1 Å². The molecule has 0 bridgehead atoms. The summed E-state index contributed by atoms with van der Waals surface area (Å²) in [4.78, 5) is 0. The van der Waals surface area contributed by atoms with Crippen LogP contribution in [0.2, 0.25) is 0 Å². The third kappa shape index (κ3) is 3.17. The van der Waals surface area contributed by atoms with Crippen LogP contribution in [0.1, 0.15) is 26.2 Å². The summed E-state index contributed by atoms with van der Waals surface area (Å²) in [5.41, 5.74) is 0.172. The zero-order chi connectivity index (χ0) is 11.4. The average molecular weight is 228 g/mol. The molecule has 0 radical (unpaired) electrons. The van der Waals surface area contributed by atoms with Crippen molar-refractivity contribution in [1.29, 1.82) is 0 Å². The molecule has 3 unspecified atom stereocenters. The first kappa shape index (κ1) is 12.3. The first-order valence-electron chi connectivity index (χ1n) is 6.31. The molecule has 2 fully saturated rings. The zero-order valence-corrected chi connectivity index (χ0v) is 10.4. The summed E-state index contributed by atoms with van der Waals surface area (Å²) < 4.78 is 10.9. The molecule has 2 rings (SSSR count). The smallest absolute Gasteiger partial charge is 0.0711 e. The second kappa shape index (κ2) is 5.45. The molecule has 0 aliphatic carbocycles. The van der Waals surface area contributed by atoms with Gasteiger partial charge in [-0.1, -0.05) is 0 Å². The summed E-state index contributed by atoms with van der Waals surface area (Å²) in [6.07, 6.45) is 3.89. The van der Waals surface area contributed by atoms with Gasteiger partial charge in [-0.05, 0) is 26.2 Å². The minimum atomic E-state index is 0.172. The largest absolute Gasteiger partial charge is 0.380 e. The predicted octanol–water partition coefficient (Wildman–Crippen LogP) is 0.522. The molecule has 4 heteroatoms. The summed E-state index contributed by atoms with van der Waals surface area (Å²) in [6, 6.07) is 0.545. The van der Waals surface area contributed by atoms with Gasteiger partial charge < -0.3 is 20.1 Å². The van der Waals surface area contributed by atoms with Crippen LogP contribution in [0.3, 0.4) is 0 Å². The van der Waals surface area contributed by atoms with Gasteiger partial charge in [0.2, 0.25) is 0 Å². The van der Waals surface area contributed by atoms with E-state index in [9.17, 15) is 0 Å². The van der Waals surface area contributed by atoms with E-state index in [-0.39, 0.29) is 5.54 Å². The lowest BCUT2D eigenvalue weighted by Gasteiger charge is -2.35. The molecule has 2 heterocycles. The molecule has 3 atom stereocenters. The Hall–Kier alpha value is -0.160. The Kier molecular flexibility index (Phi) is 4.19. The van der Waals surface area contributed by atoms with Gasteiger partial charge in [-0.3, -0.25) is 0 Å². The van der Waals surface area contributed by atoms with E-state index >= 15 is 0 Å². The van der Waals surface area contributed by atoms with Gasteiger partial charge in [-0.15, -0.1) is 0 Å². The van der Waals surface area contributed by atoms with Gasteiger partial charge in [0, 0.05) is 38.4 Å². The molecule has 0 aromatic heterocycles. The standard InChI is InChI=1S/C12H24N2O2/c1-12(4-3-5-16-9-12)14-7-10-6-11(15-2)8-13-10/h10-11,13-14H,3-9H2,1-2H3. The highest BCUT2D eigenvalue weighted by Gasteiger charge is 2.30. The Bertz CT molecular complexity index is 217. The normalized spacial score (nSPS) is 40.1. The van der Waals surface area contributed by atoms with Gasteiger partial charge >= 0.3 is 0 Å². The molecular formula is C12H24N2O2. The highest BCUT2D eigenvalue weighted by molar-refractivity contribution is 4.90. The van der Waals surface area contributed by atoms with Crippen LogP contribution in [0.15, 0.2) is 0 Å². The summed E-state index contributed by atoms with van der Waals surface area (Å²) in [7, 11) is 1.79. The van der Waals surface area contributed by atoms with E-state index in [1.807, 2.05) is 0 Å². The van der Waals surface area contributed by atoms with Gasteiger partial charge in [-0.2, -0.15) is 0 Å². The Balaban J connectivity index is 1.70. The number of rotatable bonds is 4. The monoisotopic (exact) mass is 228 g/mol. The predicted molar refractivity (Wildman–Crippen MR) is 63.7 cm³/mol. The van der Waals surface area contributed by atoms with Crippen molar-refractivity contribution in [3.8, 4) is 0 Å². The van der Waals surface area contributed by atoms with Crippen molar-refractivity contribution >= 4 is 0 Å². The maximum atomic E-state index is 5.53. The minimum absolute atomic E-state index is 0.172. The van der Waals surface area contributed by atoms with Gasteiger partial charge in [0.25, 0.3) is 0 Å². The van der Waals surface area contributed by atoms with E-state index in [2.05, 4.69) is 17.6 Å². The molecule has 94 valence electrons. The molecule has 2 aliphatic heterocycles. The van der Waals surface area contributed by atoms with E-state index in [1.54, 1.807) is 7.11 Å². The molecule has 4 nitrogen and oxygen atoms in total. The highest BCUT2D eigenvalue weighted by atomic mass is 16.5. The molecular weight excluding hydrogens is 204 g/mol. The average Bonchev–Trinajstić information content (AvgIpc) is 2.75. The lowest BCUT2D eigenvalue weighted by Crippen LogP contribution is -2.52. The molecule has 0 aromatic rings. The molecule has 16 heavy (non-hydrogen) atoms. The number of nitrogens with one attached hydrogen (secondary N) is 2. The summed E-state index contributed by atoms with van der Waals surface area (Å²) in [5.74, 6) is 0. The molecule has 2 saturated heterocycles. The van der Waals surface area contributed by atoms with E-state index in [1.165, 1.54) is 12.8 Å². The van der Waals surface area contributed by atoms with Crippen LogP contribution in [0.25, 0.3) is 0 Å². The number of methoxy groups -OCH3 is 1. The van der Waals surface area contributed by atoms with E-state index in [4.69, 9.17) is 9.47 Å². The van der Waals surface area contributed by atoms with Crippen molar-refractivity contribution in [2.45, 2.75) is 43.9 Å². The number of hydrogen-bond donors (Lipinski definition) is 2. The fourth-order valence-corrected chi connectivity index (χ4v) is 2.56. The van der Waals surface area contributed by atoms with E-state index in [0.29, 0.717) is 12.1 Å². The van der Waals surface area contributed by atoms with Gasteiger partial charge in [0.05, 0.1) is 12.7 Å². The van der Waals surface area contributed by atoms with Gasteiger partial charge in [-0.25, -0.2) is 0 Å². The number of ether oxygens (including phenoxy) is 2. The third-order valence-corrected chi connectivity index (χ3v) is 3.73. The second-order valence-electron chi connectivity index (χ2n) is 5.30. The maximum Gasteiger partial charge on any atom is 0.0711 e. The fourth-order valence-electron chi connectivity index (χ4n) is 2.56. The fraction of sp³-hybridized carbons (Fsp3) is 1.00. The lowest BCUT2D eigenvalue weighted by molar-refractivity contribution is 0.0276. The summed E-state index contributed by atoms with van der Waals surface area (Å²) in [5, 5.41) is 7.13. The summed E-state index contributed by atoms with van der Waals surface area (Å²) in [6.45, 7) is 6.02. The SMILES string of the molecule is COC1CNC(CNC2(C)CCCOC2)C1. The number of hydrogen-bond acceptors (Lipinski definition) is 4. The van der Waals surface area contributed by atoms with Gasteiger partial charge in [0.15, 0.2) is 0 Å². The Morgan fingerprint density at radius 1 is 1.56 bits per heavy atom. The van der Waals surface area contributed by atoms with E-state index < -0.39 is 0 Å². The van der Waals surface area contributed by atoms with Crippen molar-refractivity contribution in [3.63, 3.8) is 0 Å². The first-order valence-corrected chi connectivity index (χ1v) is 6.31. The first-order chi connectivity index (χ1) is 7.72. The lowest BCUT2D eigenvalue weighted by atomic mass is 9.94. The van der Waals surface area contributed by atoms with Crippen LogP contribution < -0.4 is 10.6 Å². The minimum Gasteiger partial charge on any atom is -0.380 e. The zero-order valence-electron chi connectivity index (χ0n) is 10.4. The maximum absolute atomic E-state index is 5.53. The summed E-state index contributed by atoms with van der Waals surface area (Å²) >= 11 is 0. The van der Waals surface area contributed by atoms with Crippen LogP contribution in [0.4, 0.5) is 0 Å². The van der Waals surface area contributed by atoms with Crippen molar-refractivity contribution in [1.82, 2.24) is 10.6 Å². The molecule has 0 saturated carbocycles. The molecule has 2 N–H and O–H groups in total. The molecule has 0 spiro atoms. The van der Waals surface area contributed by atoms with Crippen LogP contribution >= 0.6 is 0 Å². The van der Waals surface area contributed by atoms with Crippen molar-refractivity contribution in [2.75, 3.05) is 33.4 Å². The third-order valence-electron chi connectivity index (χ3n) is 3.73. The van der Waals surface area contributed by atoms with Crippen molar-refractivity contribution in [3.05, 3.63) is 0 Å². The molecule has 2 aliphatic rings. The van der Waals surface area contributed by atoms with Crippen LogP contribution in [-0.2, 0) is 9.47 Å². The van der Waals surface area contributed by atoms with Gasteiger partial charge in [0.1, 0.15) is 0 Å². The van der Waals surface area contributed by atoms with Crippen LogP contribution in [0, 0.1) is 0 Å². The molecule has 0 amide bonds. The van der Waals surface area contributed by atoms with E-state index in [0.717, 1.165) is 32.7 Å². The second-order valence-corrected chi connectivity index (χ2v) is 5.30. The van der Waals surface area contributed by atoms with Crippen molar-refractivity contribution < 1.29 is 9.47 Å². The Morgan fingerprint density at radius 3 is 3.06 bits per heavy atom. The highest BCUT2D eigenvalue weighted by Crippen LogP contribution is 2.19. The quantitative estimate of drug-likeness (QED) is 0.736. The molecule has 0 aromatic carbocycles. The van der Waals surface area contributed by atoms with Crippen molar-refractivity contribution in [2.24, 2.45) is 0 Å². The topological polar surface area (TPSA) is 42.5 Å². The Morgan fingerprint density at radius 2 is 2.44 bits per heavy atom. The van der Waals surface area contributed by atoms with Crippen LogP contribution in [0.5, 0.6) is 0 Å².